The Labute approximate surface area is 167 Å². The molecule has 0 radical (unpaired) electrons. The fourth-order valence-electron chi connectivity index (χ4n) is 5.63. The van der Waals surface area contributed by atoms with Crippen LogP contribution < -0.4 is 9.47 Å². The molecule has 0 spiro atoms. The van der Waals surface area contributed by atoms with Gasteiger partial charge in [-0.3, -0.25) is 9.69 Å². The van der Waals surface area contributed by atoms with Crippen LogP contribution in [0.2, 0.25) is 0 Å². The summed E-state index contributed by atoms with van der Waals surface area (Å²) in [5.74, 6) is 2.80. The highest BCUT2D eigenvalue weighted by Gasteiger charge is 2.56. The first-order chi connectivity index (χ1) is 13.4. The molecule has 5 heteroatoms. The van der Waals surface area contributed by atoms with Crippen LogP contribution in [0.15, 0.2) is 30.4 Å². The molecular formula is C23H30N2O3. The lowest BCUT2D eigenvalue weighted by atomic mass is 9.75. The van der Waals surface area contributed by atoms with Crippen LogP contribution in [0.4, 0.5) is 0 Å². The molecule has 5 nitrogen and oxygen atoms in total. The number of rotatable bonds is 3. The van der Waals surface area contributed by atoms with Gasteiger partial charge in [0.05, 0.1) is 11.5 Å². The minimum Gasteiger partial charge on any atom is -0.454 e. The van der Waals surface area contributed by atoms with Crippen LogP contribution in [0.3, 0.4) is 0 Å². The van der Waals surface area contributed by atoms with E-state index in [0.29, 0.717) is 30.7 Å². The summed E-state index contributed by atoms with van der Waals surface area (Å²) in [6.45, 7) is 13.5. The summed E-state index contributed by atoms with van der Waals surface area (Å²) >= 11 is 0. The van der Waals surface area contributed by atoms with E-state index in [1.807, 2.05) is 26.8 Å². The lowest BCUT2D eigenvalue weighted by Crippen LogP contribution is -2.61. The molecule has 1 aromatic carbocycles. The van der Waals surface area contributed by atoms with Gasteiger partial charge in [0, 0.05) is 18.5 Å². The molecule has 1 amide bonds. The third-order valence-electron chi connectivity index (χ3n) is 7.68. The summed E-state index contributed by atoms with van der Waals surface area (Å²) < 4.78 is 11.1. The Morgan fingerprint density at radius 2 is 1.86 bits per heavy atom. The van der Waals surface area contributed by atoms with E-state index in [1.165, 1.54) is 18.4 Å². The first-order valence-corrected chi connectivity index (χ1v) is 10.5. The average molecular weight is 383 g/mol. The second-order valence-corrected chi connectivity index (χ2v) is 9.44. The number of fused-ring (bicyclic) bond motifs is 3. The van der Waals surface area contributed by atoms with Crippen LogP contribution in [0.5, 0.6) is 11.5 Å². The third kappa shape index (κ3) is 2.52. The summed E-state index contributed by atoms with van der Waals surface area (Å²) in [4.78, 5) is 18.4. The molecule has 0 N–H and O–H groups in total. The van der Waals surface area contributed by atoms with Gasteiger partial charge in [-0.05, 0) is 70.3 Å². The van der Waals surface area contributed by atoms with E-state index < -0.39 is 5.41 Å². The number of nitrogens with zero attached hydrogens (tertiary/aromatic N) is 2. The van der Waals surface area contributed by atoms with Gasteiger partial charge >= 0.3 is 0 Å². The van der Waals surface area contributed by atoms with Gasteiger partial charge in [0.25, 0.3) is 0 Å². The molecule has 5 aliphatic rings. The minimum atomic E-state index is -0.527. The number of ether oxygens (including phenoxy) is 2. The molecular weight excluding hydrogens is 352 g/mol. The number of carbonyl (C=O) groups is 1. The average Bonchev–Trinajstić information content (AvgIpc) is 3.33. The maximum absolute atomic E-state index is 13.6. The Bertz CT molecular complexity index is 825. The number of hydrogen-bond donors (Lipinski definition) is 0. The molecule has 2 bridgehead atoms. The molecule has 6 rings (SSSR count). The summed E-state index contributed by atoms with van der Waals surface area (Å²) in [6, 6.07) is 7.02. The van der Waals surface area contributed by atoms with Crippen molar-refractivity contribution in [2.45, 2.75) is 51.6 Å². The Kier molecular flexibility index (Phi) is 4.02. The fraction of sp³-hybridized carbons (Fsp3) is 0.609. The molecule has 0 aliphatic carbocycles. The molecule has 5 aliphatic heterocycles. The molecule has 1 aromatic rings. The SMILES string of the molecule is C=C(C)C(C)(C)C(=O)N1C[C@@H](c2ccc3c(c2)OCO3)[C@@H]2[C@H]1C1CCN2CC1. The molecule has 0 aromatic heterocycles. The van der Waals surface area contributed by atoms with Crippen molar-refractivity contribution in [3.8, 4) is 11.5 Å². The summed E-state index contributed by atoms with van der Waals surface area (Å²) in [5, 5.41) is 0. The predicted octanol–water partition coefficient (Wildman–Crippen LogP) is 3.41. The Hall–Kier alpha value is -2.01. The molecule has 4 saturated heterocycles. The number of likely N-dealkylation sites (tertiary alicyclic amines) is 1. The molecule has 4 fully saturated rings. The lowest BCUT2D eigenvalue weighted by molar-refractivity contribution is -0.143. The van der Waals surface area contributed by atoms with Gasteiger partial charge in [0.2, 0.25) is 12.7 Å². The minimum absolute atomic E-state index is 0.229. The van der Waals surface area contributed by atoms with Gasteiger partial charge in [0.15, 0.2) is 11.5 Å². The molecule has 5 heterocycles. The number of hydrogen-bond acceptors (Lipinski definition) is 4. The van der Waals surface area contributed by atoms with Gasteiger partial charge in [0.1, 0.15) is 0 Å². The second kappa shape index (κ2) is 6.24. The van der Waals surface area contributed by atoms with Gasteiger partial charge < -0.3 is 14.4 Å². The van der Waals surface area contributed by atoms with Gasteiger partial charge in [-0.25, -0.2) is 0 Å². The standard InChI is InChI=1S/C23H30N2O3/c1-14(2)23(3,4)22(26)25-12-17(16-5-6-18-19(11-16)28-13-27-18)21-20(25)15-7-9-24(21)10-8-15/h5-6,11,15,17,20-21H,1,7-10,12-13H2,2-4H3/t17-,20+,21+/m0/s1. The largest absolute Gasteiger partial charge is 0.454 e. The van der Waals surface area contributed by atoms with E-state index in [-0.39, 0.29) is 5.91 Å². The Morgan fingerprint density at radius 3 is 2.57 bits per heavy atom. The maximum Gasteiger partial charge on any atom is 0.232 e. The number of benzene rings is 1. The number of amides is 1. The normalized spacial score (nSPS) is 33.1. The van der Waals surface area contributed by atoms with E-state index in [1.54, 1.807) is 0 Å². The molecule has 0 unspecified atom stereocenters. The lowest BCUT2D eigenvalue weighted by Gasteiger charge is -2.51. The third-order valence-corrected chi connectivity index (χ3v) is 7.68. The first-order valence-electron chi connectivity index (χ1n) is 10.5. The molecule has 0 saturated carbocycles. The Balaban J connectivity index is 1.52. The van der Waals surface area contributed by atoms with E-state index in [4.69, 9.17) is 9.47 Å². The van der Waals surface area contributed by atoms with E-state index in [9.17, 15) is 4.79 Å². The van der Waals surface area contributed by atoms with Crippen molar-refractivity contribution < 1.29 is 14.3 Å². The van der Waals surface area contributed by atoms with Crippen molar-refractivity contribution in [1.82, 2.24) is 9.80 Å². The van der Waals surface area contributed by atoms with Crippen LogP contribution in [0, 0.1) is 11.3 Å². The van der Waals surface area contributed by atoms with E-state index >= 15 is 0 Å². The van der Waals surface area contributed by atoms with Gasteiger partial charge in [-0.1, -0.05) is 18.2 Å². The van der Waals surface area contributed by atoms with Crippen molar-refractivity contribution in [1.29, 1.82) is 0 Å². The summed E-state index contributed by atoms with van der Waals surface area (Å²) in [6.07, 6.45) is 2.40. The highest BCUT2D eigenvalue weighted by atomic mass is 16.7. The zero-order chi connectivity index (χ0) is 19.6. The zero-order valence-corrected chi connectivity index (χ0v) is 17.1. The zero-order valence-electron chi connectivity index (χ0n) is 17.1. The Morgan fingerprint density at radius 1 is 1.14 bits per heavy atom. The van der Waals surface area contributed by atoms with E-state index in [0.717, 1.165) is 36.7 Å². The van der Waals surface area contributed by atoms with Crippen molar-refractivity contribution >= 4 is 5.91 Å². The topological polar surface area (TPSA) is 42.0 Å². The van der Waals surface area contributed by atoms with Crippen molar-refractivity contribution in [3.05, 3.63) is 35.9 Å². The predicted molar refractivity (Wildman–Crippen MR) is 107 cm³/mol. The van der Waals surface area contributed by atoms with Crippen LogP contribution in [0.25, 0.3) is 0 Å². The van der Waals surface area contributed by atoms with Crippen molar-refractivity contribution in [3.63, 3.8) is 0 Å². The van der Waals surface area contributed by atoms with Crippen molar-refractivity contribution in [2.75, 3.05) is 26.4 Å². The highest BCUT2D eigenvalue weighted by Crippen LogP contribution is 2.49. The molecule has 28 heavy (non-hydrogen) atoms. The van der Waals surface area contributed by atoms with Crippen LogP contribution in [0.1, 0.15) is 45.1 Å². The smallest absolute Gasteiger partial charge is 0.232 e. The van der Waals surface area contributed by atoms with E-state index in [2.05, 4.69) is 28.5 Å². The summed E-state index contributed by atoms with van der Waals surface area (Å²) in [5.41, 5.74) is 1.66. The number of carbonyl (C=O) groups excluding carboxylic acids is 1. The van der Waals surface area contributed by atoms with Crippen LogP contribution in [-0.4, -0.2) is 54.2 Å². The summed E-state index contributed by atoms with van der Waals surface area (Å²) in [7, 11) is 0. The second-order valence-electron chi connectivity index (χ2n) is 9.44. The molecule has 3 atom stereocenters. The first kappa shape index (κ1) is 18.0. The van der Waals surface area contributed by atoms with Gasteiger partial charge in [-0.15, -0.1) is 0 Å². The number of piperidine rings is 3. The molecule has 150 valence electrons. The highest BCUT2D eigenvalue weighted by molar-refractivity contribution is 5.85. The fourth-order valence-corrected chi connectivity index (χ4v) is 5.63. The van der Waals surface area contributed by atoms with Crippen molar-refractivity contribution in [2.24, 2.45) is 11.3 Å². The van der Waals surface area contributed by atoms with Gasteiger partial charge in [-0.2, -0.15) is 0 Å². The van der Waals surface area contributed by atoms with Crippen LogP contribution >= 0.6 is 0 Å². The van der Waals surface area contributed by atoms with Crippen LogP contribution in [-0.2, 0) is 4.79 Å². The monoisotopic (exact) mass is 382 g/mol. The maximum atomic E-state index is 13.6. The quantitative estimate of drug-likeness (QED) is 0.752.